The van der Waals surface area contributed by atoms with Crippen LogP contribution in [0.1, 0.15) is 5.56 Å². The minimum atomic E-state index is -0.940. The number of carbonyl (C=O) groups excluding carboxylic acids is 1. The molecule has 0 aliphatic heterocycles. The molecule has 0 aromatic heterocycles. The Morgan fingerprint density at radius 2 is 1.88 bits per heavy atom. The van der Waals surface area contributed by atoms with Gasteiger partial charge in [0.2, 0.25) is 5.91 Å². The van der Waals surface area contributed by atoms with Gasteiger partial charge in [-0.25, -0.2) is 0 Å². The normalized spacial score (nSPS) is 10.2. The number of carboxylic acid groups (broad SMARTS) is 1. The molecular weight excluding hydrogens is 220 g/mol. The van der Waals surface area contributed by atoms with Crippen molar-refractivity contribution in [2.24, 2.45) is 0 Å². The number of nitrogens with one attached hydrogen (secondary N) is 1. The summed E-state index contributed by atoms with van der Waals surface area (Å²) in [5, 5.41) is 11.3. The van der Waals surface area contributed by atoms with E-state index < -0.39 is 5.97 Å². The third kappa shape index (κ3) is 5.12. The van der Waals surface area contributed by atoms with Gasteiger partial charge in [0, 0.05) is 13.6 Å². The van der Waals surface area contributed by atoms with E-state index >= 15 is 0 Å². The summed E-state index contributed by atoms with van der Waals surface area (Å²) in [5.41, 5.74) is 0.984. The van der Waals surface area contributed by atoms with E-state index in [1.807, 2.05) is 30.3 Å². The Bertz CT molecular complexity index is 379. The molecule has 0 spiro atoms. The lowest BCUT2D eigenvalue weighted by Gasteiger charge is -2.19. The summed E-state index contributed by atoms with van der Waals surface area (Å²) in [7, 11) is 1.53. The van der Waals surface area contributed by atoms with Gasteiger partial charge in [0.1, 0.15) is 0 Å². The zero-order chi connectivity index (χ0) is 12.7. The van der Waals surface area contributed by atoms with Gasteiger partial charge in [0.05, 0.1) is 13.1 Å². The number of benzene rings is 1. The Labute approximate surface area is 100 Å². The summed E-state index contributed by atoms with van der Waals surface area (Å²) >= 11 is 0. The number of carboxylic acids is 1. The highest BCUT2D eigenvalue weighted by Crippen LogP contribution is 2.03. The fourth-order valence-corrected chi connectivity index (χ4v) is 1.48. The number of rotatable bonds is 6. The maximum absolute atomic E-state index is 11.2. The van der Waals surface area contributed by atoms with Gasteiger partial charge in [0.15, 0.2) is 0 Å². The molecule has 0 bridgehead atoms. The molecular formula is C12H16N2O3. The summed E-state index contributed by atoms with van der Waals surface area (Å²) in [5.74, 6) is -1.13. The molecule has 1 rings (SSSR count). The van der Waals surface area contributed by atoms with Gasteiger partial charge >= 0.3 is 5.97 Å². The van der Waals surface area contributed by atoms with Crippen LogP contribution in [-0.4, -0.2) is 42.0 Å². The highest BCUT2D eigenvalue weighted by Gasteiger charge is 2.13. The fourth-order valence-electron chi connectivity index (χ4n) is 1.48. The van der Waals surface area contributed by atoms with Gasteiger partial charge in [-0.3, -0.25) is 14.5 Å². The smallest absolute Gasteiger partial charge is 0.317 e. The van der Waals surface area contributed by atoms with Gasteiger partial charge in [-0.15, -0.1) is 0 Å². The van der Waals surface area contributed by atoms with E-state index in [0.717, 1.165) is 5.56 Å². The Morgan fingerprint density at radius 1 is 1.24 bits per heavy atom. The molecule has 0 atom stereocenters. The minimum Gasteiger partial charge on any atom is -0.480 e. The highest BCUT2D eigenvalue weighted by molar-refractivity contribution is 5.78. The first kappa shape index (κ1) is 13.2. The van der Waals surface area contributed by atoms with Crippen LogP contribution in [0.3, 0.4) is 0 Å². The summed E-state index contributed by atoms with van der Waals surface area (Å²) in [6, 6.07) is 9.46. The summed E-state index contributed by atoms with van der Waals surface area (Å²) in [6.45, 7) is 0.376. The molecule has 1 amide bonds. The van der Waals surface area contributed by atoms with Crippen LogP contribution < -0.4 is 5.32 Å². The van der Waals surface area contributed by atoms with E-state index in [4.69, 9.17) is 5.11 Å². The summed E-state index contributed by atoms with van der Waals surface area (Å²) in [4.78, 5) is 23.5. The molecule has 0 radical (unpaired) electrons. The number of hydrogen-bond donors (Lipinski definition) is 2. The fraction of sp³-hybridized carbons (Fsp3) is 0.333. The molecule has 0 saturated carbocycles. The quantitative estimate of drug-likeness (QED) is 0.746. The van der Waals surface area contributed by atoms with Gasteiger partial charge in [-0.1, -0.05) is 30.3 Å². The largest absolute Gasteiger partial charge is 0.480 e. The van der Waals surface area contributed by atoms with E-state index in [-0.39, 0.29) is 19.0 Å². The molecule has 92 valence electrons. The van der Waals surface area contributed by atoms with Crippen LogP contribution in [0.25, 0.3) is 0 Å². The maximum atomic E-state index is 11.2. The van der Waals surface area contributed by atoms with Crippen molar-refractivity contribution in [2.75, 3.05) is 20.1 Å². The van der Waals surface area contributed by atoms with Crippen LogP contribution >= 0.6 is 0 Å². The van der Waals surface area contributed by atoms with Crippen molar-refractivity contribution in [3.8, 4) is 0 Å². The van der Waals surface area contributed by atoms with Gasteiger partial charge in [-0.2, -0.15) is 0 Å². The first-order chi connectivity index (χ1) is 8.11. The molecule has 0 heterocycles. The van der Waals surface area contributed by atoms with Crippen molar-refractivity contribution in [1.82, 2.24) is 10.2 Å². The minimum absolute atomic E-state index is 0.0810. The van der Waals surface area contributed by atoms with Crippen molar-refractivity contribution in [2.45, 2.75) is 6.54 Å². The zero-order valence-corrected chi connectivity index (χ0v) is 9.72. The van der Waals surface area contributed by atoms with Crippen molar-refractivity contribution >= 4 is 11.9 Å². The topological polar surface area (TPSA) is 69.6 Å². The lowest BCUT2D eigenvalue weighted by atomic mass is 10.2. The summed E-state index contributed by atoms with van der Waals surface area (Å²) in [6.07, 6.45) is 0. The summed E-state index contributed by atoms with van der Waals surface area (Å²) < 4.78 is 0. The van der Waals surface area contributed by atoms with Gasteiger partial charge in [-0.05, 0) is 5.56 Å². The monoisotopic (exact) mass is 236 g/mol. The van der Waals surface area contributed by atoms with E-state index in [2.05, 4.69) is 5.32 Å². The maximum Gasteiger partial charge on any atom is 0.317 e. The van der Waals surface area contributed by atoms with Gasteiger partial charge in [0.25, 0.3) is 0 Å². The van der Waals surface area contributed by atoms with Crippen molar-refractivity contribution in [3.63, 3.8) is 0 Å². The molecule has 0 unspecified atom stereocenters. The molecule has 5 heteroatoms. The van der Waals surface area contributed by atoms with E-state index in [1.54, 1.807) is 4.90 Å². The SMILES string of the molecule is CNC(=O)CN(CC(=O)O)Cc1ccccc1. The molecule has 1 aromatic rings. The molecule has 2 N–H and O–H groups in total. The number of amides is 1. The standard InChI is InChI=1S/C12H16N2O3/c1-13-11(15)8-14(9-12(16)17)7-10-5-3-2-4-6-10/h2-6H,7-9H2,1H3,(H,13,15)(H,16,17). The average Bonchev–Trinajstić information content (AvgIpc) is 2.29. The number of carbonyl (C=O) groups is 2. The van der Waals surface area contributed by atoms with Crippen LogP contribution in [0, 0.1) is 0 Å². The Kier molecular flexibility index (Phi) is 5.16. The Balaban J connectivity index is 2.63. The number of hydrogen-bond acceptors (Lipinski definition) is 3. The number of likely N-dealkylation sites (N-methyl/N-ethyl adjacent to an activating group) is 1. The zero-order valence-electron chi connectivity index (χ0n) is 9.72. The molecule has 1 aromatic carbocycles. The van der Waals surface area contributed by atoms with Crippen molar-refractivity contribution in [3.05, 3.63) is 35.9 Å². The van der Waals surface area contributed by atoms with Crippen LogP contribution in [-0.2, 0) is 16.1 Å². The molecule has 0 aliphatic carbocycles. The first-order valence-corrected chi connectivity index (χ1v) is 5.30. The lowest BCUT2D eigenvalue weighted by Crippen LogP contribution is -2.38. The first-order valence-electron chi connectivity index (χ1n) is 5.30. The predicted molar refractivity (Wildman–Crippen MR) is 63.4 cm³/mol. The van der Waals surface area contributed by atoms with E-state index in [0.29, 0.717) is 6.54 Å². The molecule has 5 nitrogen and oxygen atoms in total. The second-order valence-electron chi connectivity index (χ2n) is 3.70. The van der Waals surface area contributed by atoms with Crippen LogP contribution in [0.2, 0.25) is 0 Å². The van der Waals surface area contributed by atoms with Crippen molar-refractivity contribution in [1.29, 1.82) is 0 Å². The lowest BCUT2D eigenvalue weighted by molar-refractivity contribution is -0.138. The Hall–Kier alpha value is -1.88. The van der Waals surface area contributed by atoms with E-state index in [9.17, 15) is 9.59 Å². The second kappa shape index (κ2) is 6.65. The van der Waals surface area contributed by atoms with Crippen molar-refractivity contribution < 1.29 is 14.7 Å². The van der Waals surface area contributed by atoms with Crippen LogP contribution in [0.15, 0.2) is 30.3 Å². The van der Waals surface area contributed by atoms with Gasteiger partial charge < -0.3 is 10.4 Å². The number of nitrogens with zero attached hydrogens (tertiary/aromatic N) is 1. The average molecular weight is 236 g/mol. The predicted octanol–water partition coefficient (Wildman–Crippen LogP) is 0.319. The third-order valence-electron chi connectivity index (χ3n) is 2.25. The second-order valence-corrected chi connectivity index (χ2v) is 3.70. The Morgan fingerprint density at radius 3 is 2.41 bits per heavy atom. The third-order valence-corrected chi connectivity index (χ3v) is 2.25. The molecule has 0 fully saturated rings. The number of aliphatic carboxylic acids is 1. The molecule has 17 heavy (non-hydrogen) atoms. The molecule has 0 aliphatic rings. The highest BCUT2D eigenvalue weighted by atomic mass is 16.4. The van der Waals surface area contributed by atoms with E-state index in [1.165, 1.54) is 7.05 Å². The van der Waals surface area contributed by atoms with Crippen LogP contribution in [0.4, 0.5) is 0 Å². The molecule has 0 saturated heterocycles. The van der Waals surface area contributed by atoms with Crippen LogP contribution in [0.5, 0.6) is 0 Å².